The lowest BCUT2D eigenvalue weighted by Gasteiger charge is -2.23. The molecule has 0 unspecified atom stereocenters. The average Bonchev–Trinajstić information content (AvgIpc) is 3.32. The van der Waals surface area contributed by atoms with E-state index in [2.05, 4.69) is 0 Å². The number of benzene rings is 1. The van der Waals surface area contributed by atoms with Crippen molar-refractivity contribution >= 4 is 23.2 Å². The van der Waals surface area contributed by atoms with Crippen LogP contribution in [0.4, 0.5) is 5.69 Å². The number of nitro benzene ring substituents is 1. The van der Waals surface area contributed by atoms with Gasteiger partial charge < -0.3 is 4.90 Å². The van der Waals surface area contributed by atoms with E-state index in [0.29, 0.717) is 17.4 Å². The van der Waals surface area contributed by atoms with Crippen molar-refractivity contribution in [3.8, 4) is 0 Å². The SMILES string of the molecule is O=C(c1ccc([N+](=O)[O-])cc1Cl)N(CC1CC1)CC1CC1. The summed E-state index contributed by atoms with van der Waals surface area (Å²) in [5, 5.41) is 10.9. The lowest BCUT2D eigenvalue weighted by molar-refractivity contribution is -0.384. The molecule has 21 heavy (non-hydrogen) atoms. The third-order valence-corrected chi connectivity index (χ3v) is 4.34. The Bertz CT molecular complexity index is 568. The molecule has 2 saturated carbocycles. The Kier molecular flexibility index (Phi) is 3.85. The van der Waals surface area contributed by atoms with Gasteiger partial charge in [0, 0.05) is 25.2 Å². The number of hydrogen-bond acceptors (Lipinski definition) is 3. The Morgan fingerprint density at radius 2 is 1.81 bits per heavy atom. The molecular weight excluding hydrogens is 292 g/mol. The lowest BCUT2D eigenvalue weighted by Crippen LogP contribution is -2.34. The minimum atomic E-state index is -0.508. The highest BCUT2D eigenvalue weighted by atomic mass is 35.5. The number of halogens is 1. The van der Waals surface area contributed by atoms with E-state index in [1.54, 1.807) is 0 Å². The van der Waals surface area contributed by atoms with Crippen LogP contribution in [0.15, 0.2) is 18.2 Å². The number of carbonyl (C=O) groups excluding carboxylic acids is 1. The second-order valence-electron chi connectivity index (χ2n) is 6.02. The number of rotatable bonds is 6. The van der Waals surface area contributed by atoms with Gasteiger partial charge in [-0.25, -0.2) is 0 Å². The highest BCUT2D eigenvalue weighted by Gasteiger charge is 2.32. The number of nitro groups is 1. The fourth-order valence-electron chi connectivity index (χ4n) is 2.43. The van der Waals surface area contributed by atoms with Crippen LogP contribution in [0.3, 0.4) is 0 Å². The van der Waals surface area contributed by atoms with Crippen molar-refractivity contribution in [2.24, 2.45) is 11.8 Å². The lowest BCUT2D eigenvalue weighted by atomic mass is 10.1. The van der Waals surface area contributed by atoms with Gasteiger partial charge in [0.25, 0.3) is 11.6 Å². The summed E-state index contributed by atoms with van der Waals surface area (Å²) < 4.78 is 0. The minimum absolute atomic E-state index is 0.0903. The van der Waals surface area contributed by atoms with Crippen LogP contribution < -0.4 is 0 Å². The molecular formula is C15H17ClN2O3. The summed E-state index contributed by atoms with van der Waals surface area (Å²) in [5.74, 6) is 1.13. The van der Waals surface area contributed by atoms with Crippen molar-refractivity contribution in [1.82, 2.24) is 4.90 Å². The third-order valence-electron chi connectivity index (χ3n) is 4.03. The maximum atomic E-state index is 12.6. The molecule has 0 aromatic heterocycles. The van der Waals surface area contributed by atoms with Crippen LogP contribution in [0, 0.1) is 22.0 Å². The van der Waals surface area contributed by atoms with Gasteiger partial charge in [-0.3, -0.25) is 14.9 Å². The molecule has 112 valence electrons. The van der Waals surface area contributed by atoms with Crippen LogP contribution in [0.2, 0.25) is 5.02 Å². The Balaban J connectivity index is 1.78. The van der Waals surface area contributed by atoms with Crippen LogP contribution in [0.5, 0.6) is 0 Å². The van der Waals surface area contributed by atoms with Gasteiger partial charge in [-0.1, -0.05) is 11.6 Å². The molecule has 0 heterocycles. The number of non-ortho nitro benzene ring substituents is 1. The van der Waals surface area contributed by atoms with E-state index in [9.17, 15) is 14.9 Å². The maximum Gasteiger partial charge on any atom is 0.270 e. The van der Waals surface area contributed by atoms with Gasteiger partial charge in [0.05, 0.1) is 15.5 Å². The molecule has 0 bridgehead atoms. The third kappa shape index (κ3) is 3.53. The number of carbonyl (C=O) groups is 1. The van der Waals surface area contributed by atoms with Crippen molar-refractivity contribution in [1.29, 1.82) is 0 Å². The average molecular weight is 309 g/mol. The second-order valence-corrected chi connectivity index (χ2v) is 6.43. The highest BCUT2D eigenvalue weighted by molar-refractivity contribution is 6.34. The van der Waals surface area contributed by atoms with E-state index >= 15 is 0 Å². The summed E-state index contributed by atoms with van der Waals surface area (Å²) >= 11 is 6.06. The molecule has 6 heteroatoms. The molecule has 0 N–H and O–H groups in total. The highest BCUT2D eigenvalue weighted by Crippen LogP contribution is 2.35. The van der Waals surface area contributed by atoms with Crippen molar-refractivity contribution < 1.29 is 9.72 Å². The van der Waals surface area contributed by atoms with Crippen molar-refractivity contribution in [3.63, 3.8) is 0 Å². The molecule has 2 fully saturated rings. The maximum absolute atomic E-state index is 12.6. The fraction of sp³-hybridized carbons (Fsp3) is 0.533. The standard InChI is InChI=1S/C15H17ClN2O3/c16-14-7-12(18(20)21)5-6-13(14)15(19)17(8-10-1-2-10)9-11-3-4-11/h5-7,10-11H,1-4,8-9H2. The Labute approximate surface area is 128 Å². The Morgan fingerprint density at radius 3 is 2.24 bits per heavy atom. The molecule has 0 saturated heterocycles. The van der Waals surface area contributed by atoms with Gasteiger partial charge in [0.1, 0.15) is 0 Å². The van der Waals surface area contributed by atoms with E-state index < -0.39 is 4.92 Å². The molecule has 5 nitrogen and oxygen atoms in total. The van der Waals surface area contributed by atoms with Crippen molar-refractivity contribution in [2.75, 3.05) is 13.1 Å². The first kappa shape index (κ1) is 14.3. The zero-order valence-corrected chi connectivity index (χ0v) is 12.4. The predicted molar refractivity (Wildman–Crippen MR) is 79.5 cm³/mol. The summed E-state index contributed by atoms with van der Waals surface area (Å²) in [5.41, 5.74) is 0.274. The van der Waals surface area contributed by atoms with E-state index in [4.69, 9.17) is 11.6 Å². The van der Waals surface area contributed by atoms with Gasteiger partial charge >= 0.3 is 0 Å². The second kappa shape index (κ2) is 5.64. The largest absolute Gasteiger partial charge is 0.338 e. The van der Waals surface area contributed by atoms with Crippen molar-refractivity contribution in [3.05, 3.63) is 38.9 Å². The van der Waals surface area contributed by atoms with Crippen LogP contribution >= 0.6 is 11.6 Å². The smallest absolute Gasteiger partial charge is 0.270 e. The van der Waals surface area contributed by atoms with Gasteiger partial charge in [-0.05, 0) is 43.6 Å². The first-order chi connectivity index (χ1) is 10.0. The minimum Gasteiger partial charge on any atom is -0.338 e. The van der Waals surface area contributed by atoms with E-state index in [0.717, 1.165) is 13.1 Å². The van der Waals surface area contributed by atoms with Crippen LogP contribution in [-0.2, 0) is 0 Å². The molecule has 0 aliphatic heterocycles. The van der Waals surface area contributed by atoms with Gasteiger partial charge in [0.15, 0.2) is 0 Å². The summed E-state index contributed by atoms with van der Waals surface area (Å²) in [7, 11) is 0. The first-order valence-corrected chi connectivity index (χ1v) is 7.65. The zero-order valence-electron chi connectivity index (χ0n) is 11.6. The molecule has 1 aromatic rings. The van der Waals surface area contributed by atoms with Crippen LogP contribution in [0.1, 0.15) is 36.0 Å². The molecule has 2 aliphatic carbocycles. The summed E-state index contributed by atoms with van der Waals surface area (Å²) in [6, 6.07) is 4.06. The van der Waals surface area contributed by atoms with Crippen molar-refractivity contribution in [2.45, 2.75) is 25.7 Å². The molecule has 2 aliphatic rings. The Morgan fingerprint density at radius 1 is 1.24 bits per heavy atom. The van der Waals surface area contributed by atoms with Gasteiger partial charge in [-0.15, -0.1) is 0 Å². The number of nitrogens with zero attached hydrogens (tertiary/aromatic N) is 2. The molecule has 0 atom stereocenters. The number of amides is 1. The van der Waals surface area contributed by atoms with Crippen LogP contribution in [-0.4, -0.2) is 28.8 Å². The summed E-state index contributed by atoms with van der Waals surface area (Å²) in [6.07, 6.45) is 4.73. The summed E-state index contributed by atoms with van der Waals surface area (Å²) in [6.45, 7) is 1.56. The molecule has 1 aromatic carbocycles. The van der Waals surface area contributed by atoms with Gasteiger partial charge in [-0.2, -0.15) is 0 Å². The van der Waals surface area contributed by atoms with E-state index in [-0.39, 0.29) is 16.6 Å². The fourth-order valence-corrected chi connectivity index (χ4v) is 2.68. The van der Waals surface area contributed by atoms with E-state index in [1.807, 2.05) is 4.90 Å². The molecule has 3 rings (SSSR count). The normalized spacial score (nSPS) is 17.6. The first-order valence-electron chi connectivity index (χ1n) is 7.28. The van der Waals surface area contributed by atoms with Gasteiger partial charge in [0.2, 0.25) is 0 Å². The van der Waals surface area contributed by atoms with E-state index in [1.165, 1.54) is 43.9 Å². The Hall–Kier alpha value is -1.62. The predicted octanol–water partition coefficient (Wildman–Crippen LogP) is 3.51. The quantitative estimate of drug-likeness (QED) is 0.596. The summed E-state index contributed by atoms with van der Waals surface area (Å²) in [4.78, 5) is 24.7. The topological polar surface area (TPSA) is 63.4 Å². The number of hydrogen-bond donors (Lipinski definition) is 0. The molecule has 1 amide bonds. The monoisotopic (exact) mass is 308 g/mol. The molecule has 0 radical (unpaired) electrons. The zero-order chi connectivity index (χ0) is 15.0. The van der Waals surface area contributed by atoms with Crippen LogP contribution in [0.25, 0.3) is 0 Å². The molecule has 0 spiro atoms.